The Labute approximate surface area is 113 Å². The minimum Gasteiger partial charge on any atom is -0.269 e. The Morgan fingerprint density at radius 1 is 1.17 bits per heavy atom. The Morgan fingerprint density at radius 3 is 2.78 bits per heavy atom. The highest BCUT2D eigenvalue weighted by atomic mass is 35.5. The van der Waals surface area contributed by atoms with Gasteiger partial charge in [-0.2, -0.15) is 5.10 Å². The number of aliphatic imine (C=N–C) groups is 1. The van der Waals surface area contributed by atoms with Crippen LogP contribution in [0.15, 0.2) is 27.5 Å². The number of nitrogens with zero attached hydrogens (tertiary/aromatic N) is 3. The fourth-order valence-electron chi connectivity index (χ4n) is 3.19. The maximum absolute atomic E-state index is 6.21. The van der Waals surface area contributed by atoms with Crippen LogP contribution in [0.4, 0.5) is 0 Å². The maximum Gasteiger partial charge on any atom is 0.132 e. The van der Waals surface area contributed by atoms with Crippen LogP contribution in [0.5, 0.6) is 0 Å². The third-order valence-electron chi connectivity index (χ3n) is 4.20. The summed E-state index contributed by atoms with van der Waals surface area (Å²) in [5, 5.41) is 9.28. The normalized spacial score (nSPS) is 34.8. The number of fused-ring (bicyclic) bond motifs is 1. The molecule has 0 aromatic rings. The first-order valence-corrected chi connectivity index (χ1v) is 7.20. The van der Waals surface area contributed by atoms with E-state index in [1.165, 1.54) is 31.4 Å². The standard InChI is InChI=1S/C14H18ClN3/c15-14-12-4-2-1-3-11(12)13(17-18-14)9-10-5-7-16-8-6-10/h5,7-8,10-12H,1-4,6,9H2. The average Bonchev–Trinajstić information content (AvgIpc) is 2.44. The molecule has 1 aliphatic carbocycles. The molecule has 0 bridgehead atoms. The predicted octanol–water partition coefficient (Wildman–Crippen LogP) is 3.79. The van der Waals surface area contributed by atoms with Crippen molar-refractivity contribution in [3.8, 4) is 0 Å². The second-order valence-electron chi connectivity index (χ2n) is 5.38. The third-order valence-corrected chi connectivity index (χ3v) is 4.56. The second-order valence-corrected chi connectivity index (χ2v) is 5.77. The summed E-state index contributed by atoms with van der Waals surface area (Å²) in [5.41, 5.74) is 1.26. The summed E-state index contributed by atoms with van der Waals surface area (Å²) in [4.78, 5) is 4.12. The van der Waals surface area contributed by atoms with Crippen LogP contribution in [-0.4, -0.2) is 17.1 Å². The van der Waals surface area contributed by atoms with Crippen LogP contribution in [0.2, 0.25) is 0 Å². The monoisotopic (exact) mass is 263 g/mol. The van der Waals surface area contributed by atoms with Crippen molar-refractivity contribution in [1.82, 2.24) is 0 Å². The lowest BCUT2D eigenvalue weighted by molar-refractivity contribution is 0.367. The van der Waals surface area contributed by atoms with Crippen molar-refractivity contribution in [1.29, 1.82) is 0 Å². The molecule has 0 radical (unpaired) electrons. The van der Waals surface area contributed by atoms with E-state index in [0.29, 0.717) is 17.8 Å². The van der Waals surface area contributed by atoms with Crippen molar-refractivity contribution < 1.29 is 0 Å². The molecule has 3 nitrogen and oxygen atoms in total. The van der Waals surface area contributed by atoms with Gasteiger partial charge in [-0.25, -0.2) is 0 Å². The highest BCUT2D eigenvalue weighted by Gasteiger charge is 2.35. The predicted molar refractivity (Wildman–Crippen MR) is 76.5 cm³/mol. The van der Waals surface area contributed by atoms with Crippen molar-refractivity contribution in [3.05, 3.63) is 12.3 Å². The molecule has 0 aromatic heterocycles. The van der Waals surface area contributed by atoms with Crippen LogP contribution in [0, 0.1) is 17.8 Å². The van der Waals surface area contributed by atoms with Gasteiger partial charge in [0.25, 0.3) is 0 Å². The van der Waals surface area contributed by atoms with Crippen molar-refractivity contribution in [2.75, 3.05) is 0 Å². The lowest BCUT2D eigenvalue weighted by atomic mass is 9.74. The van der Waals surface area contributed by atoms with E-state index in [0.717, 1.165) is 18.0 Å². The van der Waals surface area contributed by atoms with Gasteiger partial charge >= 0.3 is 0 Å². The number of allylic oxidation sites excluding steroid dienone is 1. The maximum atomic E-state index is 6.21. The summed E-state index contributed by atoms with van der Waals surface area (Å²) < 4.78 is 0. The molecule has 3 aliphatic rings. The molecular weight excluding hydrogens is 246 g/mol. The zero-order valence-electron chi connectivity index (χ0n) is 10.4. The zero-order chi connectivity index (χ0) is 12.4. The van der Waals surface area contributed by atoms with Crippen molar-refractivity contribution in [2.45, 2.75) is 38.5 Å². The molecule has 2 heterocycles. The van der Waals surface area contributed by atoms with Crippen LogP contribution >= 0.6 is 11.6 Å². The van der Waals surface area contributed by atoms with Gasteiger partial charge in [0.05, 0.1) is 0 Å². The number of hydrogen-bond acceptors (Lipinski definition) is 3. The van der Waals surface area contributed by atoms with Crippen LogP contribution < -0.4 is 0 Å². The molecule has 0 spiro atoms. The first-order valence-electron chi connectivity index (χ1n) is 6.82. The number of rotatable bonds is 2. The minimum atomic E-state index is 0.439. The summed E-state index contributed by atoms with van der Waals surface area (Å²) in [6, 6.07) is 0. The zero-order valence-corrected chi connectivity index (χ0v) is 11.2. The van der Waals surface area contributed by atoms with E-state index in [1.54, 1.807) is 0 Å². The lowest BCUT2D eigenvalue weighted by Gasteiger charge is -2.34. The fourth-order valence-corrected chi connectivity index (χ4v) is 3.49. The quantitative estimate of drug-likeness (QED) is 0.727. The first kappa shape index (κ1) is 12.1. The summed E-state index contributed by atoms with van der Waals surface area (Å²) in [5.74, 6) is 1.51. The largest absolute Gasteiger partial charge is 0.269 e. The molecule has 4 heteroatoms. The molecule has 0 saturated heterocycles. The summed E-state index contributed by atoms with van der Waals surface area (Å²) in [7, 11) is 0. The molecule has 0 N–H and O–H groups in total. The van der Waals surface area contributed by atoms with Gasteiger partial charge in [0.2, 0.25) is 0 Å². The molecule has 96 valence electrons. The van der Waals surface area contributed by atoms with Gasteiger partial charge in [-0.15, -0.1) is 5.10 Å². The van der Waals surface area contributed by atoms with Crippen molar-refractivity contribution >= 4 is 28.7 Å². The molecule has 18 heavy (non-hydrogen) atoms. The SMILES string of the molecule is ClC1=NN=C(CC2C=CN=CC2)C2CCCCC12. The molecule has 1 fully saturated rings. The highest BCUT2D eigenvalue weighted by molar-refractivity contribution is 6.66. The molecule has 0 aromatic carbocycles. The smallest absolute Gasteiger partial charge is 0.132 e. The van der Waals surface area contributed by atoms with Gasteiger partial charge in [-0.1, -0.05) is 30.5 Å². The lowest BCUT2D eigenvalue weighted by Crippen LogP contribution is -2.34. The number of halogens is 1. The van der Waals surface area contributed by atoms with Gasteiger partial charge in [0, 0.05) is 30.0 Å². The molecule has 3 unspecified atom stereocenters. The van der Waals surface area contributed by atoms with Gasteiger partial charge in [0.1, 0.15) is 5.17 Å². The van der Waals surface area contributed by atoms with E-state index in [-0.39, 0.29) is 0 Å². The second kappa shape index (κ2) is 5.35. The Hall–Kier alpha value is -0.960. The molecule has 2 aliphatic heterocycles. The van der Waals surface area contributed by atoms with Gasteiger partial charge in [0.15, 0.2) is 0 Å². The Bertz CT molecular complexity index is 436. The first-order chi connectivity index (χ1) is 8.84. The summed E-state index contributed by atoms with van der Waals surface area (Å²) >= 11 is 6.21. The summed E-state index contributed by atoms with van der Waals surface area (Å²) in [6.45, 7) is 0. The van der Waals surface area contributed by atoms with Crippen LogP contribution in [0.25, 0.3) is 0 Å². The van der Waals surface area contributed by atoms with Gasteiger partial charge < -0.3 is 0 Å². The number of hydrogen-bond donors (Lipinski definition) is 0. The topological polar surface area (TPSA) is 37.1 Å². The summed E-state index contributed by atoms with van der Waals surface area (Å²) in [6.07, 6.45) is 13.1. The molecule has 3 rings (SSSR count). The van der Waals surface area contributed by atoms with Gasteiger partial charge in [-0.05, 0) is 31.6 Å². The Morgan fingerprint density at radius 2 is 2.00 bits per heavy atom. The van der Waals surface area contributed by atoms with E-state index in [9.17, 15) is 0 Å². The van der Waals surface area contributed by atoms with Crippen molar-refractivity contribution in [3.63, 3.8) is 0 Å². The molecule has 1 saturated carbocycles. The fraction of sp³-hybridized carbons (Fsp3) is 0.643. The third kappa shape index (κ3) is 2.41. The van der Waals surface area contributed by atoms with E-state index < -0.39 is 0 Å². The van der Waals surface area contributed by atoms with E-state index >= 15 is 0 Å². The Balaban J connectivity index is 1.74. The van der Waals surface area contributed by atoms with E-state index in [4.69, 9.17) is 11.6 Å². The molecule has 0 amide bonds. The minimum absolute atomic E-state index is 0.439. The highest BCUT2D eigenvalue weighted by Crippen LogP contribution is 2.37. The van der Waals surface area contributed by atoms with Gasteiger partial charge in [-0.3, -0.25) is 4.99 Å². The van der Waals surface area contributed by atoms with Crippen LogP contribution in [0.3, 0.4) is 0 Å². The van der Waals surface area contributed by atoms with Crippen LogP contribution in [-0.2, 0) is 0 Å². The van der Waals surface area contributed by atoms with E-state index in [2.05, 4.69) is 21.3 Å². The molecular formula is C14H18ClN3. The molecule has 3 atom stereocenters. The average molecular weight is 264 g/mol. The Kier molecular flexibility index (Phi) is 3.59. The van der Waals surface area contributed by atoms with Crippen LogP contribution in [0.1, 0.15) is 38.5 Å². The van der Waals surface area contributed by atoms with E-state index in [1.807, 2.05) is 12.4 Å². The van der Waals surface area contributed by atoms with Crippen molar-refractivity contribution in [2.24, 2.45) is 32.9 Å².